The minimum Gasteiger partial charge on any atom is -0.497 e. The summed E-state index contributed by atoms with van der Waals surface area (Å²) in [6.45, 7) is 2.13. The third-order valence-corrected chi connectivity index (χ3v) is 5.32. The van der Waals surface area contributed by atoms with E-state index >= 15 is 0 Å². The molecular formula is C22H26N4O2. The van der Waals surface area contributed by atoms with E-state index in [0.29, 0.717) is 25.6 Å². The van der Waals surface area contributed by atoms with Crippen LogP contribution in [0.15, 0.2) is 48.5 Å². The summed E-state index contributed by atoms with van der Waals surface area (Å²) in [6, 6.07) is 16.3. The quantitative estimate of drug-likeness (QED) is 0.691. The SMILES string of the molecule is COc1ccc2nc(CN[C@@H]3CCC(=O)N(Cc4ccccc4)CC3)[nH]c2c1. The molecule has 1 aliphatic rings. The maximum Gasteiger partial charge on any atom is 0.222 e. The number of aromatic nitrogens is 2. The Balaban J connectivity index is 1.34. The van der Waals surface area contributed by atoms with Gasteiger partial charge in [0.25, 0.3) is 0 Å². The smallest absolute Gasteiger partial charge is 0.222 e. The minimum absolute atomic E-state index is 0.240. The zero-order chi connectivity index (χ0) is 19.3. The third kappa shape index (κ3) is 4.34. The van der Waals surface area contributed by atoms with Crippen molar-refractivity contribution in [1.82, 2.24) is 20.2 Å². The van der Waals surface area contributed by atoms with E-state index in [1.54, 1.807) is 7.11 Å². The molecule has 1 fully saturated rings. The molecule has 2 N–H and O–H groups in total. The molecule has 3 aromatic rings. The van der Waals surface area contributed by atoms with E-state index in [0.717, 1.165) is 42.0 Å². The highest BCUT2D eigenvalue weighted by atomic mass is 16.5. The fourth-order valence-electron chi connectivity index (χ4n) is 3.70. The lowest BCUT2D eigenvalue weighted by atomic mass is 10.1. The number of imidazole rings is 1. The number of hydrogen-bond acceptors (Lipinski definition) is 4. The van der Waals surface area contributed by atoms with Gasteiger partial charge in [-0.25, -0.2) is 4.98 Å². The van der Waals surface area contributed by atoms with E-state index in [9.17, 15) is 4.79 Å². The van der Waals surface area contributed by atoms with Crippen LogP contribution in [-0.4, -0.2) is 40.5 Å². The standard InChI is InChI=1S/C22H26N4O2/c1-28-18-8-9-19-20(13-18)25-21(24-19)14-23-17-7-10-22(27)26(12-11-17)15-16-5-3-2-4-6-16/h2-6,8-9,13,17,23H,7,10-12,14-15H2,1H3,(H,24,25)/t17-/m1/s1. The summed E-state index contributed by atoms with van der Waals surface area (Å²) in [7, 11) is 1.66. The molecule has 2 aromatic carbocycles. The number of likely N-dealkylation sites (tertiary alicyclic amines) is 1. The number of carbonyl (C=O) groups is 1. The molecule has 0 unspecified atom stereocenters. The van der Waals surface area contributed by atoms with E-state index in [1.807, 2.05) is 41.3 Å². The molecular weight excluding hydrogens is 352 g/mol. The third-order valence-electron chi connectivity index (χ3n) is 5.32. The van der Waals surface area contributed by atoms with Crippen molar-refractivity contribution in [2.45, 2.75) is 38.4 Å². The van der Waals surface area contributed by atoms with Crippen molar-refractivity contribution >= 4 is 16.9 Å². The number of rotatable bonds is 6. The maximum absolute atomic E-state index is 12.5. The molecule has 0 radical (unpaired) electrons. The lowest BCUT2D eigenvalue weighted by Crippen LogP contribution is -2.32. The van der Waals surface area contributed by atoms with Gasteiger partial charge in [-0.1, -0.05) is 30.3 Å². The van der Waals surface area contributed by atoms with Crippen LogP contribution in [-0.2, 0) is 17.9 Å². The van der Waals surface area contributed by atoms with Crippen LogP contribution in [0.5, 0.6) is 5.75 Å². The molecule has 0 bridgehead atoms. The number of amides is 1. The molecule has 6 heteroatoms. The molecule has 4 rings (SSSR count). The van der Waals surface area contributed by atoms with E-state index in [4.69, 9.17) is 4.74 Å². The number of ether oxygens (including phenoxy) is 1. The fraction of sp³-hybridized carbons (Fsp3) is 0.364. The Kier molecular flexibility index (Phi) is 5.58. The van der Waals surface area contributed by atoms with Crippen LogP contribution in [0.25, 0.3) is 11.0 Å². The number of benzene rings is 2. The molecule has 1 aromatic heterocycles. The van der Waals surface area contributed by atoms with Gasteiger partial charge in [0.2, 0.25) is 5.91 Å². The Morgan fingerprint density at radius 3 is 2.89 bits per heavy atom. The lowest BCUT2D eigenvalue weighted by Gasteiger charge is -2.21. The number of fused-ring (bicyclic) bond motifs is 1. The van der Waals surface area contributed by atoms with Crippen molar-refractivity contribution in [2.75, 3.05) is 13.7 Å². The molecule has 2 heterocycles. The lowest BCUT2D eigenvalue weighted by molar-refractivity contribution is -0.131. The average Bonchev–Trinajstić information content (AvgIpc) is 3.06. The van der Waals surface area contributed by atoms with Gasteiger partial charge in [0.15, 0.2) is 0 Å². The Hall–Kier alpha value is -2.86. The summed E-state index contributed by atoms with van der Waals surface area (Å²) in [5.74, 6) is 1.96. The number of carbonyl (C=O) groups excluding carboxylic acids is 1. The highest BCUT2D eigenvalue weighted by molar-refractivity contribution is 5.77. The van der Waals surface area contributed by atoms with Crippen molar-refractivity contribution in [1.29, 1.82) is 0 Å². The molecule has 1 amide bonds. The van der Waals surface area contributed by atoms with Gasteiger partial charge in [-0.15, -0.1) is 0 Å². The van der Waals surface area contributed by atoms with Gasteiger partial charge < -0.3 is 19.9 Å². The number of aromatic amines is 1. The highest BCUT2D eigenvalue weighted by Gasteiger charge is 2.22. The Bertz CT molecular complexity index is 938. The van der Waals surface area contributed by atoms with E-state index in [2.05, 4.69) is 27.4 Å². The molecule has 28 heavy (non-hydrogen) atoms. The van der Waals surface area contributed by atoms with Crippen molar-refractivity contribution in [3.8, 4) is 5.75 Å². The number of H-pyrrole nitrogens is 1. The van der Waals surface area contributed by atoms with Gasteiger partial charge in [0, 0.05) is 31.6 Å². The van der Waals surface area contributed by atoms with Crippen LogP contribution < -0.4 is 10.1 Å². The molecule has 146 valence electrons. The normalized spacial score (nSPS) is 17.7. The molecule has 6 nitrogen and oxygen atoms in total. The number of nitrogens with zero attached hydrogens (tertiary/aromatic N) is 2. The molecule has 1 saturated heterocycles. The van der Waals surface area contributed by atoms with Gasteiger partial charge in [-0.3, -0.25) is 4.79 Å². The van der Waals surface area contributed by atoms with Crippen LogP contribution >= 0.6 is 0 Å². The van der Waals surface area contributed by atoms with Crippen molar-refractivity contribution in [2.24, 2.45) is 0 Å². The Morgan fingerprint density at radius 2 is 2.07 bits per heavy atom. The van der Waals surface area contributed by atoms with Gasteiger partial charge in [0.05, 0.1) is 24.7 Å². The van der Waals surface area contributed by atoms with E-state index in [1.165, 1.54) is 5.56 Å². The molecule has 1 atom stereocenters. The maximum atomic E-state index is 12.5. The predicted octanol–water partition coefficient (Wildman–Crippen LogP) is 3.24. The van der Waals surface area contributed by atoms with Crippen molar-refractivity contribution < 1.29 is 9.53 Å². The number of nitrogens with one attached hydrogen (secondary N) is 2. The summed E-state index contributed by atoms with van der Waals surface area (Å²) >= 11 is 0. The number of hydrogen-bond donors (Lipinski definition) is 2. The Labute approximate surface area is 164 Å². The number of methoxy groups -OCH3 is 1. The molecule has 0 aliphatic carbocycles. The fourth-order valence-corrected chi connectivity index (χ4v) is 3.70. The Morgan fingerprint density at radius 1 is 1.21 bits per heavy atom. The van der Waals surface area contributed by atoms with Crippen molar-refractivity contribution in [3.63, 3.8) is 0 Å². The van der Waals surface area contributed by atoms with Gasteiger partial charge in [-0.2, -0.15) is 0 Å². The van der Waals surface area contributed by atoms with E-state index in [-0.39, 0.29) is 5.91 Å². The summed E-state index contributed by atoms with van der Waals surface area (Å²) in [5.41, 5.74) is 3.09. The second kappa shape index (κ2) is 8.44. The largest absolute Gasteiger partial charge is 0.497 e. The van der Waals surface area contributed by atoms with Crippen LogP contribution in [0, 0.1) is 0 Å². The average molecular weight is 378 g/mol. The summed E-state index contributed by atoms with van der Waals surface area (Å²) in [5, 5.41) is 3.57. The first-order valence-electron chi connectivity index (χ1n) is 9.79. The zero-order valence-electron chi connectivity index (χ0n) is 16.1. The zero-order valence-corrected chi connectivity index (χ0v) is 16.1. The monoisotopic (exact) mass is 378 g/mol. The molecule has 1 aliphatic heterocycles. The second-order valence-electron chi connectivity index (χ2n) is 7.27. The van der Waals surface area contributed by atoms with Gasteiger partial charge in [0.1, 0.15) is 11.6 Å². The van der Waals surface area contributed by atoms with Crippen LogP contribution in [0.1, 0.15) is 30.7 Å². The second-order valence-corrected chi connectivity index (χ2v) is 7.27. The van der Waals surface area contributed by atoms with Crippen LogP contribution in [0.3, 0.4) is 0 Å². The van der Waals surface area contributed by atoms with Crippen LogP contribution in [0.2, 0.25) is 0 Å². The van der Waals surface area contributed by atoms with E-state index < -0.39 is 0 Å². The van der Waals surface area contributed by atoms with Crippen molar-refractivity contribution in [3.05, 3.63) is 59.9 Å². The highest BCUT2D eigenvalue weighted by Crippen LogP contribution is 2.19. The molecule has 0 saturated carbocycles. The molecule has 0 spiro atoms. The summed E-state index contributed by atoms with van der Waals surface area (Å²) < 4.78 is 5.26. The minimum atomic E-state index is 0.240. The first-order valence-corrected chi connectivity index (χ1v) is 9.79. The first kappa shape index (κ1) is 18.5. The first-order chi connectivity index (χ1) is 13.7. The van der Waals surface area contributed by atoms with Crippen LogP contribution in [0.4, 0.5) is 0 Å². The van der Waals surface area contributed by atoms with Gasteiger partial charge >= 0.3 is 0 Å². The van der Waals surface area contributed by atoms with Gasteiger partial charge in [-0.05, 0) is 30.5 Å². The summed E-state index contributed by atoms with van der Waals surface area (Å²) in [6.07, 6.45) is 2.40. The summed E-state index contributed by atoms with van der Waals surface area (Å²) in [4.78, 5) is 22.4. The predicted molar refractivity (Wildman–Crippen MR) is 109 cm³/mol. The topological polar surface area (TPSA) is 70.2 Å².